The molecule has 0 fully saturated rings. The van der Waals surface area contributed by atoms with Crippen LogP contribution in [0.4, 0.5) is 0 Å². The van der Waals surface area contributed by atoms with E-state index in [4.69, 9.17) is 47.6 Å². The molecule has 0 aliphatic carbocycles. The molecule has 0 spiro atoms. The first-order chi connectivity index (χ1) is 11.1. The van der Waals surface area contributed by atoms with Crippen LogP contribution in [-0.4, -0.2) is 33.0 Å². The zero-order chi connectivity index (χ0) is 18.2. The maximum Gasteiger partial charge on any atom is 0.137 e. The van der Waals surface area contributed by atoms with Crippen molar-refractivity contribution in [2.75, 3.05) is 0 Å². The Morgan fingerprint density at radius 3 is 1.42 bits per heavy atom. The monoisotopic (exact) mass is 422 g/mol. The first-order valence-corrected chi connectivity index (χ1v) is 8.79. The predicted octanol–water partition coefficient (Wildman–Crippen LogP) is 3.62. The molecule has 0 heterocycles. The summed E-state index contributed by atoms with van der Waals surface area (Å²) in [4.78, 5) is 0. The van der Waals surface area contributed by atoms with Gasteiger partial charge in [0, 0.05) is 23.3 Å². The van der Waals surface area contributed by atoms with Gasteiger partial charge in [-0.3, -0.25) is 0 Å². The van der Waals surface area contributed by atoms with E-state index in [1.165, 1.54) is 0 Å². The molecule has 0 unspecified atom stereocenters. The summed E-state index contributed by atoms with van der Waals surface area (Å²) in [6.45, 7) is 0. The van der Waals surface area contributed by atoms with Gasteiger partial charge in [-0.25, -0.2) is 4.21 Å². The number of benzene rings is 2. The van der Waals surface area contributed by atoms with Crippen LogP contribution >= 0.6 is 47.6 Å². The fourth-order valence-electron chi connectivity index (χ4n) is 1.71. The summed E-state index contributed by atoms with van der Waals surface area (Å²) in [5.41, 5.74) is -0.0873. The first-order valence-electron chi connectivity index (χ1n) is 6.06. The van der Waals surface area contributed by atoms with Gasteiger partial charge >= 0.3 is 0 Å². The highest BCUT2D eigenvalue weighted by Crippen LogP contribution is 2.34. The third kappa shape index (κ3) is 3.62. The average molecular weight is 423 g/mol. The third-order valence-corrected chi connectivity index (χ3v) is 5.97. The van der Waals surface area contributed by atoms with Crippen molar-refractivity contribution in [2.45, 2.75) is 0 Å². The number of phenols is 4. The van der Waals surface area contributed by atoms with Crippen molar-refractivity contribution in [1.82, 2.24) is 0 Å². The normalized spacial score (nSPS) is 10.8. The van der Waals surface area contributed by atoms with E-state index >= 15 is 0 Å². The lowest BCUT2D eigenvalue weighted by Gasteiger charge is -2.11. The van der Waals surface area contributed by atoms with Crippen LogP contribution in [0.25, 0.3) is 0 Å². The van der Waals surface area contributed by atoms with Gasteiger partial charge in [0.2, 0.25) is 0 Å². The average Bonchev–Trinajstić information content (AvgIpc) is 2.52. The van der Waals surface area contributed by atoms with E-state index in [0.29, 0.717) is 0 Å². The number of aromatic hydroxyl groups is 4. The van der Waals surface area contributed by atoms with Crippen LogP contribution in [0.15, 0.2) is 24.3 Å². The van der Waals surface area contributed by atoms with Crippen LogP contribution in [-0.2, 0) is 10.8 Å². The molecule has 0 aliphatic heterocycles. The van der Waals surface area contributed by atoms with Gasteiger partial charge in [-0.1, -0.05) is 47.6 Å². The van der Waals surface area contributed by atoms with Crippen molar-refractivity contribution >= 4 is 66.8 Å². The Hall–Kier alpha value is -1.45. The molecule has 4 N–H and O–H groups in total. The molecule has 0 radical (unpaired) electrons. The smallest absolute Gasteiger partial charge is 0.137 e. The number of rotatable bonds is 2. The highest BCUT2D eigenvalue weighted by Gasteiger charge is 2.23. The lowest BCUT2D eigenvalue weighted by atomic mass is 10.2. The second-order valence-electron chi connectivity index (χ2n) is 4.49. The van der Waals surface area contributed by atoms with E-state index in [1.54, 1.807) is 0 Å². The zero-order valence-corrected chi connectivity index (χ0v) is 15.4. The number of thiocarbonyl (C=S) groups is 2. The predicted molar refractivity (Wildman–Crippen MR) is 101 cm³/mol. The van der Waals surface area contributed by atoms with Crippen molar-refractivity contribution in [2.24, 2.45) is 0 Å². The Morgan fingerprint density at radius 1 is 0.750 bits per heavy atom. The molecule has 0 aromatic heterocycles. The second-order valence-corrected chi connectivity index (χ2v) is 7.99. The number of halogens is 2. The van der Waals surface area contributed by atoms with Crippen LogP contribution in [0.3, 0.4) is 0 Å². The summed E-state index contributed by atoms with van der Waals surface area (Å²) in [5, 5.41) is 38.3. The minimum absolute atomic E-state index is 0.0437. The Balaban J connectivity index is 2.42. The Kier molecular flexibility index (Phi) is 5.67. The molecule has 0 atom stereocenters. The minimum Gasteiger partial charge on any atom is -0.507 e. The second kappa shape index (κ2) is 7.20. The maximum atomic E-state index is 12.5. The highest BCUT2D eigenvalue weighted by atomic mass is 35.5. The number of phenolic OH excluding ortho intramolecular Hbond substituents is 4. The van der Waals surface area contributed by atoms with E-state index in [-0.39, 0.29) is 41.1 Å². The van der Waals surface area contributed by atoms with Crippen LogP contribution in [0.1, 0.15) is 11.1 Å². The molecule has 24 heavy (non-hydrogen) atoms. The van der Waals surface area contributed by atoms with Crippen molar-refractivity contribution in [1.29, 1.82) is 0 Å². The molecule has 0 aliphatic rings. The van der Waals surface area contributed by atoms with Gasteiger partial charge in [0.05, 0.1) is 10.0 Å². The third-order valence-electron chi connectivity index (χ3n) is 2.91. The molecule has 126 valence electrons. The standard InChI is InChI=1S/C14H8Cl2O5S3/c15-7-1-5(9(17)3-11(7)19)13(22)24(21)14(23)6-2-8(16)12(20)4-10(6)18/h1-4,17-20H. The summed E-state index contributed by atoms with van der Waals surface area (Å²) in [7, 11) is -2.10. The summed E-state index contributed by atoms with van der Waals surface area (Å²) < 4.78 is 12.0. The Labute approximate surface area is 159 Å². The molecule has 0 saturated carbocycles. The molecule has 2 aromatic carbocycles. The molecule has 10 heteroatoms. The van der Waals surface area contributed by atoms with E-state index in [1.807, 2.05) is 0 Å². The quantitative estimate of drug-likeness (QED) is 0.548. The maximum absolute atomic E-state index is 12.5. The minimum atomic E-state index is -2.10. The first kappa shape index (κ1) is 18.9. The molecule has 2 aromatic rings. The molecule has 0 amide bonds. The Morgan fingerprint density at radius 2 is 1.08 bits per heavy atom. The molecular formula is C14H8Cl2O5S3. The van der Waals surface area contributed by atoms with Crippen LogP contribution in [0, 0.1) is 0 Å². The van der Waals surface area contributed by atoms with Gasteiger partial charge in [0.25, 0.3) is 0 Å². The van der Waals surface area contributed by atoms with E-state index in [0.717, 1.165) is 24.3 Å². The van der Waals surface area contributed by atoms with Crippen molar-refractivity contribution in [3.63, 3.8) is 0 Å². The molecule has 5 nitrogen and oxygen atoms in total. The molecule has 0 saturated heterocycles. The van der Waals surface area contributed by atoms with E-state index < -0.39 is 22.3 Å². The summed E-state index contributed by atoms with van der Waals surface area (Å²) >= 11 is 21.6. The van der Waals surface area contributed by atoms with Crippen LogP contribution in [0.5, 0.6) is 23.0 Å². The fraction of sp³-hybridized carbons (Fsp3) is 0. The van der Waals surface area contributed by atoms with Gasteiger partial charge in [-0.15, -0.1) is 0 Å². The highest BCUT2D eigenvalue weighted by molar-refractivity contribution is 8.29. The summed E-state index contributed by atoms with van der Waals surface area (Å²) in [5.74, 6) is -1.58. The van der Waals surface area contributed by atoms with Crippen molar-refractivity contribution < 1.29 is 24.6 Å². The van der Waals surface area contributed by atoms with Gasteiger partial charge in [0.1, 0.15) is 42.2 Å². The zero-order valence-electron chi connectivity index (χ0n) is 11.5. The van der Waals surface area contributed by atoms with Gasteiger partial charge < -0.3 is 20.4 Å². The van der Waals surface area contributed by atoms with Crippen LogP contribution < -0.4 is 0 Å². The Bertz CT molecular complexity index is 827. The lowest BCUT2D eigenvalue weighted by molar-refractivity contribution is 0.449. The largest absolute Gasteiger partial charge is 0.507 e. The number of hydrogen-bond donors (Lipinski definition) is 4. The van der Waals surface area contributed by atoms with Gasteiger partial charge in [-0.2, -0.15) is 0 Å². The summed E-state index contributed by atoms with van der Waals surface area (Å²) in [6, 6.07) is 4.22. The molecule has 2 rings (SSSR count). The molecular weight excluding hydrogens is 415 g/mol. The van der Waals surface area contributed by atoms with Crippen LogP contribution in [0.2, 0.25) is 10.0 Å². The fourth-order valence-corrected chi connectivity index (χ4v) is 3.92. The summed E-state index contributed by atoms with van der Waals surface area (Å²) in [6.07, 6.45) is 0. The van der Waals surface area contributed by atoms with Gasteiger partial charge in [0.15, 0.2) is 0 Å². The van der Waals surface area contributed by atoms with E-state index in [9.17, 15) is 24.6 Å². The van der Waals surface area contributed by atoms with Crippen molar-refractivity contribution in [3.8, 4) is 23.0 Å². The topological polar surface area (TPSA) is 98.0 Å². The SMILES string of the molecule is O=S(C(=S)c1cc(Cl)c(O)cc1O)C(=S)c1cc(Cl)c(O)cc1O. The van der Waals surface area contributed by atoms with Crippen molar-refractivity contribution in [3.05, 3.63) is 45.4 Å². The molecule has 0 bridgehead atoms. The number of hydrogen-bond acceptors (Lipinski definition) is 7. The van der Waals surface area contributed by atoms with E-state index in [2.05, 4.69) is 0 Å². The van der Waals surface area contributed by atoms with Gasteiger partial charge in [-0.05, 0) is 12.1 Å². The lowest BCUT2D eigenvalue weighted by Crippen LogP contribution is -2.16.